The van der Waals surface area contributed by atoms with Gasteiger partial charge in [0.15, 0.2) is 11.6 Å². The van der Waals surface area contributed by atoms with Crippen LogP contribution in [0.25, 0.3) is 0 Å². The Morgan fingerprint density at radius 2 is 1.72 bits per heavy atom. The summed E-state index contributed by atoms with van der Waals surface area (Å²) in [4.78, 5) is 14.0. The van der Waals surface area contributed by atoms with Gasteiger partial charge in [-0.15, -0.1) is 0 Å². The molecule has 9 heteroatoms. The summed E-state index contributed by atoms with van der Waals surface area (Å²) in [7, 11) is -4.02. The molecule has 2 saturated heterocycles. The summed E-state index contributed by atoms with van der Waals surface area (Å²) in [5.74, 6) is -2.29. The minimum Gasteiger partial charge on any atom is -0.444 e. The molecule has 2 fully saturated rings. The van der Waals surface area contributed by atoms with E-state index >= 15 is 0 Å². The molecule has 1 amide bonds. The summed E-state index contributed by atoms with van der Waals surface area (Å²) in [6, 6.07) is 1.90. The molecule has 162 valence electrons. The smallest absolute Gasteiger partial charge is 0.410 e. The highest BCUT2D eigenvalue weighted by molar-refractivity contribution is 7.89. The van der Waals surface area contributed by atoms with Crippen LogP contribution in [0.4, 0.5) is 13.6 Å². The monoisotopic (exact) mass is 430 g/mol. The number of halogens is 2. The summed E-state index contributed by atoms with van der Waals surface area (Å²) in [5.41, 5.74) is -0.645. The van der Waals surface area contributed by atoms with Gasteiger partial charge in [-0.25, -0.2) is 22.0 Å². The molecule has 0 unspecified atom stereocenters. The Kier molecular flexibility index (Phi) is 6.19. The van der Waals surface area contributed by atoms with E-state index in [2.05, 4.69) is 0 Å². The number of hydrogen-bond donors (Lipinski definition) is 0. The maximum atomic E-state index is 13.7. The van der Waals surface area contributed by atoms with E-state index in [0.29, 0.717) is 25.8 Å². The lowest BCUT2D eigenvalue weighted by Gasteiger charge is -2.41. The van der Waals surface area contributed by atoms with Crippen molar-refractivity contribution in [2.75, 3.05) is 13.1 Å². The van der Waals surface area contributed by atoms with Gasteiger partial charge in [0.25, 0.3) is 0 Å². The molecular formula is C20H28F2N2O4S. The van der Waals surface area contributed by atoms with Gasteiger partial charge in [-0.05, 0) is 64.7 Å². The molecule has 29 heavy (non-hydrogen) atoms. The lowest BCUT2D eigenvalue weighted by molar-refractivity contribution is 0.0145. The number of likely N-dealkylation sites (tertiary alicyclic amines) is 1. The molecule has 0 N–H and O–H groups in total. The zero-order valence-corrected chi connectivity index (χ0v) is 17.8. The number of rotatable bonds is 3. The molecule has 0 saturated carbocycles. The fourth-order valence-corrected chi connectivity index (χ4v) is 5.86. The molecule has 0 spiro atoms. The molecule has 6 nitrogen and oxygen atoms in total. The van der Waals surface area contributed by atoms with Crippen molar-refractivity contribution in [3.8, 4) is 0 Å². The summed E-state index contributed by atoms with van der Waals surface area (Å²) in [5, 5.41) is 0. The van der Waals surface area contributed by atoms with E-state index in [9.17, 15) is 22.0 Å². The second-order valence-electron chi connectivity index (χ2n) is 8.64. The van der Waals surface area contributed by atoms with Crippen molar-refractivity contribution in [3.63, 3.8) is 0 Å². The Balaban J connectivity index is 1.89. The third kappa shape index (κ3) is 4.71. The first-order chi connectivity index (χ1) is 13.5. The zero-order chi connectivity index (χ0) is 21.4. The highest BCUT2D eigenvalue weighted by Crippen LogP contribution is 2.34. The van der Waals surface area contributed by atoms with Crippen molar-refractivity contribution in [1.82, 2.24) is 9.21 Å². The van der Waals surface area contributed by atoms with Gasteiger partial charge >= 0.3 is 6.09 Å². The van der Waals surface area contributed by atoms with Gasteiger partial charge < -0.3 is 9.64 Å². The van der Waals surface area contributed by atoms with Crippen LogP contribution in [-0.4, -0.2) is 54.5 Å². The number of piperidine rings is 1. The molecule has 0 aromatic heterocycles. The zero-order valence-electron chi connectivity index (χ0n) is 17.0. The first kappa shape index (κ1) is 22.0. The van der Waals surface area contributed by atoms with Crippen molar-refractivity contribution >= 4 is 16.1 Å². The number of amides is 1. The normalized spacial score (nSPS) is 24.0. The van der Waals surface area contributed by atoms with E-state index in [-0.39, 0.29) is 17.5 Å². The van der Waals surface area contributed by atoms with Crippen molar-refractivity contribution in [1.29, 1.82) is 0 Å². The quantitative estimate of drug-likeness (QED) is 0.729. The van der Waals surface area contributed by atoms with Crippen LogP contribution in [0.2, 0.25) is 0 Å². The number of ether oxygens (including phenoxy) is 1. The predicted molar refractivity (Wildman–Crippen MR) is 104 cm³/mol. The van der Waals surface area contributed by atoms with Crippen LogP contribution in [0.3, 0.4) is 0 Å². The van der Waals surface area contributed by atoms with Crippen LogP contribution < -0.4 is 0 Å². The van der Waals surface area contributed by atoms with Crippen LogP contribution in [0.5, 0.6) is 0 Å². The van der Waals surface area contributed by atoms with Crippen molar-refractivity contribution in [2.24, 2.45) is 0 Å². The van der Waals surface area contributed by atoms with Crippen molar-refractivity contribution in [3.05, 3.63) is 29.8 Å². The second kappa shape index (κ2) is 8.18. The fraction of sp³-hybridized carbons (Fsp3) is 0.650. The molecule has 2 heterocycles. The van der Waals surface area contributed by atoms with E-state index in [1.165, 1.54) is 4.31 Å². The van der Waals surface area contributed by atoms with E-state index in [4.69, 9.17) is 4.74 Å². The Hall–Kier alpha value is -1.74. The van der Waals surface area contributed by atoms with Crippen LogP contribution in [0.15, 0.2) is 23.1 Å². The topological polar surface area (TPSA) is 66.9 Å². The van der Waals surface area contributed by atoms with Crippen LogP contribution in [0.1, 0.15) is 52.9 Å². The molecule has 0 bridgehead atoms. The standard InChI is InChI=1S/C20H28F2N2O4S/c1-20(2,3)28-19(25)23-11-6-8-17(23)18-7-4-5-12-24(18)29(26,27)14-9-10-15(21)16(22)13-14/h9-10,13,17-18H,4-8,11-12H2,1-3H3/t17-,18+/m1/s1. The van der Waals surface area contributed by atoms with Gasteiger partial charge in [-0.3, -0.25) is 0 Å². The van der Waals surface area contributed by atoms with Gasteiger partial charge in [0, 0.05) is 19.1 Å². The average molecular weight is 431 g/mol. The van der Waals surface area contributed by atoms with Crippen molar-refractivity contribution < 1.29 is 26.7 Å². The minimum atomic E-state index is -4.02. The highest BCUT2D eigenvalue weighted by atomic mass is 32.2. The second-order valence-corrected chi connectivity index (χ2v) is 10.5. The number of hydrogen-bond acceptors (Lipinski definition) is 4. The summed E-state index contributed by atoms with van der Waals surface area (Å²) in [6.45, 7) is 6.16. The Morgan fingerprint density at radius 3 is 2.38 bits per heavy atom. The number of nitrogens with zero attached hydrogens (tertiary/aromatic N) is 2. The molecule has 1 aromatic rings. The maximum Gasteiger partial charge on any atom is 0.410 e. The average Bonchev–Trinajstić information content (AvgIpc) is 3.12. The highest BCUT2D eigenvalue weighted by Gasteiger charge is 2.44. The predicted octanol–water partition coefficient (Wildman–Crippen LogP) is 3.91. The molecular weight excluding hydrogens is 402 g/mol. The number of sulfonamides is 1. The summed E-state index contributed by atoms with van der Waals surface area (Å²) >= 11 is 0. The van der Waals surface area contributed by atoms with Gasteiger partial charge in [0.1, 0.15) is 5.60 Å². The largest absolute Gasteiger partial charge is 0.444 e. The summed E-state index contributed by atoms with van der Waals surface area (Å²) in [6.07, 6.45) is 3.11. The van der Waals surface area contributed by atoms with E-state index in [1.807, 2.05) is 0 Å². The Labute approximate surface area is 170 Å². The first-order valence-corrected chi connectivity index (χ1v) is 11.4. The van der Waals surface area contributed by atoms with Gasteiger partial charge in [0.2, 0.25) is 10.0 Å². The molecule has 2 aliphatic rings. The van der Waals surface area contributed by atoms with Gasteiger partial charge in [-0.2, -0.15) is 4.31 Å². The first-order valence-electron chi connectivity index (χ1n) is 9.97. The minimum absolute atomic E-state index is 0.273. The number of carbonyl (C=O) groups is 1. The maximum absolute atomic E-state index is 13.7. The van der Waals surface area contributed by atoms with Gasteiger partial charge in [-0.1, -0.05) is 6.42 Å². The van der Waals surface area contributed by atoms with Crippen LogP contribution in [0, 0.1) is 11.6 Å². The molecule has 2 aliphatic heterocycles. The molecule has 0 radical (unpaired) electrons. The molecule has 0 aliphatic carbocycles. The SMILES string of the molecule is CC(C)(C)OC(=O)N1CCC[C@@H]1[C@@H]1CCCCN1S(=O)(=O)c1ccc(F)c(F)c1. The lowest BCUT2D eigenvalue weighted by Crippen LogP contribution is -2.55. The third-order valence-electron chi connectivity index (χ3n) is 5.37. The van der Waals surface area contributed by atoms with E-state index in [1.54, 1.807) is 25.7 Å². The summed E-state index contributed by atoms with van der Waals surface area (Å²) < 4.78 is 60.3. The van der Waals surface area contributed by atoms with Crippen molar-refractivity contribution in [2.45, 2.75) is 75.5 Å². The molecule has 2 atom stereocenters. The third-order valence-corrected chi connectivity index (χ3v) is 7.29. The Bertz CT molecular complexity index is 870. The molecule has 3 rings (SSSR count). The fourth-order valence-electron chi connectivity index (χ4n) is 4.13. The Morgan fingerprint density at radius 1 is 1.03 bits per heavy atom. The van der Waals surface area contributed by atoms with E-state index in [0.717, 1.165) is 31.0 Å². The van der Waals surface area contributed by atoms with E-state index < -0.39 is 39.4 Å². The number of carbonyl (C=O) groups excluding carboxylic acids is 1. The van der Waals surface area contributed by atoms with Crippen LogP contribution in [-0.2, 0) is 14.8 Å². The molecule has 1 aromatic carbocycles. The van der Waals surface area contributed by atoms with Gasteiger partial charge in [0.05, 0.1) is 10.9 Å². The number of benzene rings is 1. The lowest BCUT2D eigenvalue weighted by atomic mass is 9.96. The van der Waals surface area contributed by atoms with Crippen LogP contribution >= 0.6 is 0 Å².